The number of rotatable bonds is 3. The average molecular weight is 262 g/mol. The minimum absolute atomic E-state index is 0.256. The molecule has 1 unspecified atom stereocenters. The number of nitrogen functional groups attached to an aromatic ring is 1. The van der Waals surface area contributed by atoms with Crippen LogP contribution in [0.1, 0.15) is 24.1 Å². The Bertz CT molecular complexity index is 597. The number of benzene rings is 2. The molecule has 2 aromatic rings. The van der Waals surface area contributed by atoms with Gasteiger partial charge in [0.2, 0.25) is 0 Å². The van der Waals surface area contributed by atoms with Gasteiger partial charge in [-0.25, -0.2) is 8.78 Å². The zero-order chi connectivity index (χ0) is 14.0. The predicted octanol–water partition coefficient (Wildman–Crippen LogP) is 4.03. The molecular weight excluding hydrogens is 246 g/mol. The number of aryl methyl sites for hydroxylation is 1. The van der Waals surface area contributed by atoms with Crippen LogP contribution in [0, 0.1) is 18.6 Å². The second-order valence-electron chi connectivity index (χ2n) is 4.58. The van der Waals surface area contributed by atoms with E-state index in [1.54, 1.807) is 31.2 Å². The van der Waals surface area contributed by atoms with Crippen LogP contribution in [0.2, 0.25) is 0 Å². The lowest BCUT2D eigenvalue weighted by molar-refractivity contribution is 0.600. The minimum atomic E-state index is -0.346. The highest BCUT2D eigenvalue weighted by Crippen LogP contribution is 2.27. The maximum atomic E-state index is 13.7. The number of halogens is 2. The summed E-state index contributed by atoms with van der Waals surface area (Å²) in [6, 6.07) is 9.17. The Morgan fingerprint density at radius 2 is 1.79 bits per heavy atom. The quantitative estimate of drug-likeness (QED) is 0.820. The Labute approximate surface area is 111 Å². The lowest BCUT2D eigenvalue weighted by Gasteiger charge is -2.18. The van der Waals surface area contributed by atoms with Gasteiger partial charge in [0.15, 0.2) is 0 Å². The van der Waals surface area contributed by atoms with Gasteiger partial charge in [0.05, 0.1) is 17.4 Å². The Hall–Kier alpha value is -2.10. The van der Waals surface area contributed by atoms with Crippen LogP contribution < -0.4 is 11.1 Å². The fourth-order valence-electron chi connectivity index (χ4n) is 1.96. The Morgan fingerprint density at radius 1 is 1.11 bits per heavy atom. The van der Waals surface area contributed by atoms with Gasteiger partial charge in [0.25, 0.3) is 0 Å². The lowest BCUT2D eigenvalue weighted by Crippen LogP contribution is -2.10. The van der Waals surface area contributed by atoms with Crippen LogP contribution in [-0.2, 0) is 0 Å². The smallest absolute Gasteiger partial charge is 0.128 e. The number of nitrogens with one attached hydrogen (secondary N) is 1. The molecule has 0 aromatic heterocycles. The second-order valence-corrected chi connectivity index (χ2v) is 4.58. The van der Waals surface area contributed by atoms with Crippen molar-refractivity contribution in [3.05, 3.63) is 59.2 Å². The summed E-state index contributed by atoms with van der Waals surface area (Å²) in [6.07, 6.45) is 0. The van der Waals surface area contributed by atoms with Crippen molar-refractivity contribution in [1.29, 1.82) is 0 Å². The monoisotopic (exact) mass is 262 g/mol. The summed E-state index contributed by atoms with van der Waals surface area (Å²) in [4.78, 5) is 0. The summed E-state index contributed by atoms with van der Waals surface area (Å²) in [5.74, 6) is -0.624. The fraction of sp³-hybridized carbons (Fsp3) is 0.200. The van der Waals surface area contributed by atoms with Crippen LogP contribution in [0.15, 0.2) is 36.4 Å². The van der Waals surface area contributed by atoms with Gasteiger partial charge < -0.3 is 11.1 Å². The van der Waals surface area contributed by atoms with E-state index in [1.807, 2.05) is 6.92 Å². The molecule has 0 radical (unpaired) electrons. The molecular formula is C15H16F2N2. The second kappa shape index (κ2) is 5.26. The van der Waals surface area contributed by atoms with Gasteiger partial charge >= 0.3 is 0 Å². The molecule has 0 amide bonds. The molecule has 0 bridgehead atoms. The van der Waals surface area contributed by atoms with Crippen molar-refractivity contribution in [2.75, 3.05) is 11.1 Å². The molecule has 100 valence electrons. The number of hydrogen-bond donors (Lipinski definition) is 2. The van der Waals surface area contributed by atoms with Crippen LogP contribution in [0.25, 0.3) is 0 Å². The molecule has 2 rings (SSSR count). The summed E-state index contributed by atoms with van der Waals surface area (Å²) in [7, 11) is 0. The van der Waals surface area contributed by atoms with Gasteiger partial charge in [-0.3, -0.25) is 0 Å². The first-order chi connectivity index (χ1) is 8.99. The minimum Gasteiger partial charge on any atom is -0.397 e. The normalized spacial score (nSPS) is 12.2. The summed E-state index contributed by atoms with van der Waals surface area (Å²) in [6.45, 7) is 3.49. The zero-order valence-electron chi connectivity index (χ0n) is 10.9. The van der Waals surface area contributed by atoms with E-state index in [-0.39, 0.29) is 17.7 Å². The number of anilines is 2. The molecule has 0 heterocycles. The number of hydrogen-bond acceptors (Lipinski definition) is 2. The summed E-state index contributed by atoms with van der Waals surface area (Å²) in [5, 5.41) is 3.10. The largest absolute Gasteiger partial charge is 0.397 e. The molecule has 0 spiro atoms. The molecule has 2 nitrogen and oxygen atoms in total. The Balaban J connectivity index is 2.27. The van der Waals surface area contributed by atoms with E-state index < -0.39 is 0 Å². The summed E-state index contributed by atoms with van der Waals surface area (Å²) >= 11 is 0. The standard InChI is InChI=1S/C15H16F2N2/c1-9-7-15(14(18)8-13(9)17)19-10(2)11-5-3-4-6-12(11)16/h3-8,10,19H,18H2,1-2H3. The van der Waals surface area contributed by atoms with Gasteiger partial charge in [-0.05, 0) is 37.6 Å². The SMILES string of the molecule is Cc1cc(NC(C)c2ccccc2F)c(N)cc1F. The van der Waals surface area contributed by atoms with Crippen molar-refractivity contribution >= 4 is 11.4 Å². The highest BCUT2D eigenvalue weighted by molar-refractivity contribution is 5.67. The predicted molar refractivity (Wildman–Crippen MR) is 74.0 cm³/mol. The number of nitrogens with two attached hydrogens (primary N) is 1. The average Bonchev–Trinajstić information content (AvgIpc) is 2.36. The van der Waals surface area contributed by atoms with E-state index >= 15 is 0 Å². The van der Waals surface area contributed by atoms with Crippen LogP contribution in [0.4, 0.5) is 20.2 Å². The van der Waals surface area contributed by atoms with E-state index in [0.717, 1.165) is 0 Å². The maximum Gasteiger partial charge on any atom is 0.128 e. The van der Waals surface area contributed by atoms with Gasteiger partial charge in [-0.1, -0.05) is 18.2 Å². The summed E-state index contributed by atoms with van der Waals surface area (Å²) < 4.78 is 27.0. The molecule has 2 aromatic carbocycles. The third kappa shape index (κ3) is 2.84. The zero-order valence-corrected chi connectivity index (χ0v) is 10.9. The van der Waals surface area contributed by atoms with Crippen LogP contribution in [0.3, 0.4) is 0 Å². The van der Waals surface area contributed by atoms with Crippen LogP contribution >= 0.6 is 0 Å². The molecule has 3 N–H and O–H groups in total. The first-order valence-corrected chi connectivity index (χ1v) is 6.05. The third-order valence-electron chi connectivity index (χ3n) is 3.07. The molecule has 0 saturated heterocycles. The Morgan fingerprint density at radius 3 is 2.47 bits per heavy atom. The molecule has 0 aliphatic rings. The van der Waals surface area contributed by atoms with E-state index in [1.165, 1.54) is 12.1 Å². The Kier molecular flexibility index (Phi) is 3.69. The highest BCUT2D eigenvalue weighted by atomic mass is 19.1. The van der Waals surface area contributed by atoms with Gasteiger partial charge in [-0.2, -0.15) is 0 Å². The van der Waals surface area contributed by atoms with Gasteiger partial charge in [0, 0.05) is 5.56 Å². The van der Waals surface area contributed by atoms with Crippen molar-refractivity contribution in [2.24, 2.45) is 0 Å². The first-order valence-electron chi connectivity index (χ1n) is 6.05. The molecule has 4 heteroatoms. The van der Waals surface area contributed by atoms with Gasteiger partial charge in [0.1, 0.15) is 11.6 Å². The van der Waals surface area contributed by atoms with Crippen molar-refractivity contribution in [3.63, 3.8) is 0 Å². The highest BCUT2D eigenvalue weighted by Gasteiger charge is 2.12. The van der Waals surface area contributed by atoms with Crippen molar-refractivity contribution in [3.8, 4) is 0 Å². The van der Waals surface area contributed by atoms with E-state index in [0.29, 0.717) is 22.5 Å². The van der Waals surface area contributed by atoms with E-state index in [2.05, 4.69) is 5.32 Å². The fourth-order valence-corrected chi connectivity index (χ4v) is 1.96. The van der Waals surface area contributed by atoms with E-state index in [9.17, 15) is 8.78 Å². The van der Waals surface area contributed by atoms with Crippen LogP contribution in [-0.4, -0.2) is 0 Å². The molecule has 0 saturated carbocycles. The topological polar surface area (TPSA) is 38.0 Å². The molecule has 0 fully saturated rings. The molecule has 0 aliphatic carbocycles. The van der Waals surface area contributed by atoms with Crippen molar-refractivity contribution < 1.29 is 8.78 Å². The molecule has 19 heavy (non-hydrogen) atoms. The first kappa shape index (κ1) is 13.3. The summed E-state index contributed by atoms with van der Waals surface area (Å²) in [5.41, 5.74) is 7.72. The van der Waals surface area contributed by atoms with Crippen molar-refractivity contribution in [2.45, 2.75) is 19.9 Å². The third-order valence-corrected chi connectivity index (χ3v) is 3.07. The molecule has 1 atom stereocenters. The van der Waals surface area contributed by atoms with E-state index in [4.69, 9.17) is 5.73 Å². The van der Waals surface area contributed by atoms with Crippen molar-refractivity contribution in [1.82, 2.24) is 0 Å². The molecule has 0 aliphatic heterocycles. The lowest BCUT2D eigenvalue weighted by atomic mass is 10.1. The van der Waals surface area contributed by atoms with Crippen LogP contribution in [0.5, 0.6) is 0 Å². The van der Waals surface area contributed by atoms with Gasteiger partial charge in [-0.15, -0.1) is 0 Å². The maximum absolute atomic E-state index is 13.7.